The first kappa shape index (κ1) is 19.7. The molecule has 0 amide bonds. The molecule has 13 heavy (non-hydrogen) atoms. The van der Waals surface area contributed by atoms with Gasteiger partial charge in [-0.1, -0.05) is 13.3 Å². The van der Waals surface area contributed by atoms with Crippen LogP contribution in [0.15, 0.2) is 0 Å². The summed E-state index contributed by atoms with van der Waals surface area (Å²) in [6.45, 7) is 2.48. The molecule has 2 radical (unpaired) electrons. The van der Waals surface area contributed by atoms with Crippen LogP contribution in [0.1, 0.15) is 0 Å². The van der Waals surface area contributed by atoms with Gasteiger partial charge in [0.1, 0.15) is 0 Å². The Bertz CT molecular complexity index is 84.6. The molecule has 0 saturated heterocycles. The van der Waals surface area contributed by atoms with Crippen molar-refractivity contribution in [2.75, 3.05) is 48.2 Å². The van der Waals surface area contributed by atoms with Gasteiger partial charge in [0.2, 0.25) is 0 Å². The van der Waals surface area contributed by atoms with E-state index in [1.54, 1.807) is 0 Å². The largest absolute Gasteiger partial charge is 0.653 e. The Hall–Kier alpha value is 1.16. The van der Waals surface area contributed by atoms with Crippen LogP contribution in [0.4, 0.5) is 0 Å². The van der Waals surface area contributed by atoms with E-state index < -0.39 is 0 Å². The predicted molar refractivity (Wildman–Crippen MR) is 48.7 cm³/mol. The molecule has 0 aromatic rings. The normalized spacial score (nSPS) is 9.69. The van der Waals surface area contributed by atoms with E-state index in [2.05, 4.69) is 20.4 Å². The van der Waals surface area contributed by atoms with Crippen molar-refractivity contribution in [3.63, 3.8) is 0 Å². The molecule has 0 bridgehead atoms. The average Bonchev–Trinajstić information content (AvgIpc) is 1.87. The maximum atomic E-state index is 4.02. The smallest absolute Gasteiger partial charge is 0.0468 e. The minimum atomic E-state index is 0. The quantitative estimate of drug-likeness (QED) is 0.475. The second-order valence-corrected chi connectivity index (χ2v) is 2.77. The minimum absolute atomic E-state index is 0. The zero-order chi connectivity index (χ0) is 8.69. The fraction of sp³-hybridized carbons (Fsp3) is 1.00. The summed E-state index contributed by atoms with van der Waals surface area (Å²) in [7, 11) is 7.72. The van der Waals surface area contributed by atoms with Crippen LogP contribution < -0.4 is 0 Å². The van der Waals surface area contributed by atoms with Gasteiger partial charge in [-0.25, -0.2) is 0 Å². The minimum Gasteiger partial charge on any atom is -0.653 e. The Morgan fingerprint density at radius 1 is 0.846 bits per heavy atom. The van der Waals surface area contributed by atoms with Crippen LogP contribution in [0.5, 0.6) is 0 Å². The van der Waals surface area contributed by atoms with Gasteiger partial charge in [-0.2, -0.15) is 14.1 Å². The van der Waals surface area contributed by atoms with Crippen molar-refractivity contribution in [2.24, 2.45) is 0 Å². The van der Waals surface area contributed by atoms with Gasteiger partial charge in [-0.3, -0.25) is 0 Å². The third-order valence-electron chi connectivity index (χ3n) is 1.25. The summed E-state index contributed by atoms with van der Waals surface area (Å²) < 4.78 is 0. The molecule has 0 aliphatic heterocycles. The Kier molecular flexibility index (Phi) is 19.9. The monoisotopic (exact) mass is 532 g/mol. The van der Waals surface area contributed by atoms with Crippen molar-refractivity contribution >= 4 is 0 Å². The molecular formula is C7H18N4Re2-2. The van der Waals surface area contributed by atoms with Gasteiger partial charge in [-0.15, -0.1) is 0 Å². The molecule has 0 aliphatic carbocycles. The van der Waals surface area contributed by atoms with Crippen LogP contribution in [0.3, 0.4) is 0 Å². The summed E-state index contributed by atoms with van der Waals surface area (Å²) in [5.41, 5.74) is 0. The third kappa shape index (κ3) is 13.2. The predicted octanol–water partition coefficient (Wildman–Crippen LogP) is 0.724. The molecule has 0 N–H and O–H groups in total. The molecule has 0 aromatic carbocycles. The summed E-state index contributed by atoms with van der Waals surface area (Å²) in [5.74, 6) is 0. The van der Waals surface area contributed by atoms with Crippen molar-refractivity contribution in [2.45, 2.75) is 0 Å². The maximum Gasteiger partial charge on any atom is 0.0468 e. The summed E-state index contributed by atoms with van der Waals surface area (Å²) >= 11 is 0. The van der Waals surface area contributed by atoms with E-state index in [0.29, 0.717) is 0 Å². The molecule has 4 nitrogen and oxygen atoms in total. The van der Waals surface area contributed by atoms with E-state index in [1.807, 2.05) is 28.2 Å². The number of hydrogen-bond donors (Lipinski definition) is 0. The molecule has 0 fully saturated rings. The first-order valence-corrected chi connectivity index (χ1v) is 3.69. The molecular weight excluding hydrogens is 513 g/mol. The maximum absolute atomic E-state index is 4.02. The molecule has 0 aromatic heterocycles. The van der Waals surface area contributed by atoms with Gasteiger partial charge in [0.05, 0.1) is 0 Å². The van der Waals surface area contributed by atoms with Gasteiger partial charge >= 0.3 is 0 Å². The summed E-state index contributed by atoms with van der Waals surface area (Å²) in [6.07, 6.45) is 0. The van der Waals surface area contributed by atoms with Crippen molar-refractivity contribution in [1.82, 2.24) is 9.80 Å². The van der Waals surface area contributed by atoms with Crippen LogP contribution in [0.25, 0.3) is 10.6 Å². The second-order valence-electron chi connectivity index (χ2n) is 2.77. The fourth-order valence-corrected chi connectivity index (χ4v) is 0.984. The van der Waals surface area contributed by atoms with Crippen LogP contribution in [0.2, 0.25) is 0 Å². The fourth-order valence-electron chi connectivity index (χ4n) is 0.984. The van der Waals surface area contributed by atoms with Crippen LogP contribution in [0, 0.1) is 0 Å². The third-order valence-corrected chi connectivity index (χ3v) is 1.25. The Morgan fingerprint density at radius 3 is 1.38 bits per heavy atom. The van der Waals surface area contributed by atoms with E-state index in [1.165, 1.54) is 0 Å². The summed E-state index contributed by atoms with van der Waals surface area (Å²) in [4.78, 5) is 4.26. The van der Waals surface area contributed by atoms with Gasteiger partial charge in [0.25, 0.3) is 0 Å². The van der Waals surface area contributed by atoms with Gasteiger partial charge in [0.15, 0.2) is 0 Å². The first-order chi connectivity index (χ1) is 5.20. The molecule has 0 saturated carbocycles. The van der Waals surface area contributed by atoms with E-state index >= 15 is 0 Å². The zero-order valence-electron chi connectivity index (χ0n) is 8.67. The molecule has 0 atom stereocenters. The number of nitrogens with zero attached hydrogens (tertiary/aromatic N) is 4. The molecule has 0 rings (SSSR count). The molecule has 6 heteroatoms. The summed E-state index contributed by atoms with van der Waals surface area (Å²) in [6, 6.07) is 0. The SMILES string of the molecule is C[N-]CN(C)CN(C)C[N-]C.[Re].[Re]. The topological polar surface area (TPSA) is 34.7 Å². The number of hydrogen-bond acceptors (Lipinski definition) is 2. The van der Waals surface area contributed by atoms with Crippen molar-refractivity contribution in [3.8, 4) is 0 Å². The molecule has 82 valence electrons. The molecule has 0 unspecified atom stereocenters. The van der Waals surface area contributed by atoms with Gasteiger partial charge in [-0.05, 0) is 14.1 Å². The van der Waals surface area contributed by atoms with Gasteiger partial charge < -0.3 is 20.4 Å². The molecule has 0 aliphatic rings. The van der Waals surface area contributed by atoms with Crippen molar-refractivity contribution in [1.29, 1.82) is 0 Å². The van der Waals surface area contributed by atoms with Crippen molar-refractivity contribution in [3.05, 3.63) is 10.6 Å². The standard InChI is InChI=1S/C7H18N4.2Re/c1-8-5-10(3)7-11(4)6-9-2;;/h5-7H2,1-4H3;;/q-2;;. The Balaban J connectivity index is -0.000000500. The average molecular weight is 531 g/mol. The first-order valence-electron chi connectivity index (χ1n) is 3.69. The Labute approximate surface area is 109 Å². The Morgan fingerprint density at radius 2 is 1.15 bits per heavy atom. The summed E-state index contributed by atoms with van der Waals surface area (Å²) in [5, 5.41) is 8.03. The second kappa shape index (κ2) is 13.2. The van der Waals surface area contributed by atoms with Crippen LogP contribution in [-0.4, -0.2) is 58.0 Å². The van der Waals surface area contributed by atoms with E-state index in [-0.39, 0.29) is 40.8 Å². The van der Waals surface area contributed by atoms with Crippen molar-refractivity contribution < 1.29 is 40.8 Å². The molecule has 0 spiro atoms. The van der Waals surface area contributed by atoms with E-state index in [9.17, 15) is 0 Å². The number of rotatable bonds is 6. The zero-order valence-corrected chi connectivity index (χ0v) is 14.1. The van der Waals surface area contributed by atoms with E-state index in [0.717, 1.165) is 20.0 Å². The van der Waals surface area contributed by atoms with Crippen LogP contribution in [-0.2, 0) is 40.8 Å². The van der Waals surface area contributed by atoms with Crippen LogP contribution >= 0.6 is 0 Å². The van der Waals surface area contributed by atoms with E-state index in [4.69, 9.17) is 0 Å². The molecule has 0 heterocycles. The van der Waals surface area contributed by atoms with Gasteiger partial charge in [0, 0.05) is 47.5 Å².